The lowest BCUT2D eigenvalue weighted by atomic mass is 10.1. The molecule has 2 rings (SSSR count). The molecule has 1 aromatic carbocycles. The number of benzene rings is 1. The summed E-state index contributed by atoms with van der Waals surface area (Å²) >= 11 is 6.16. The molecule has 0 aliphatic carbocycles. The predicted octanol–water partition coefficient (Wildman–Crippen LogP) is 3.35. The van der Waals surface area contributed by atoms with E-state index in [9.17, 15) is 0 Å². The van der Waals surface area contributed by atoms with E-state index in [4.69, 9.17) is 11.6 Å². The van der Waals surface area contributed by atoms with E-state index in [1.54, 1.807) is 0 Å². The number of likely N-dealkylation sites (tertiary alicyclic amines) is 1. The first kappa shape index (κ1) is 14.8. The maximum Gasteiger partial charge on any atom is 0.0438 e. The van der Waals surface area contributed by atoms with E-state index >= 15 is 0 Å². The highest BCUT2D eigenvalue weighted by molar-refractivity contribution is 6.31. The highest BCUT2D eigenvalue weighted by Crippen LogP contribution is 2.15. The highest BCUT2D eigenvalue weighted by atomic mass is 35.5. The van der Waals surface area contributed by atoms with Gasteiger partial charge in [-0.3, -0.25) is 0 Å². The molecule has 0 spiro atoms. The van der Waals surface area contributed by atoms with Crippen LogP contribution in [0, 0.1) is 0 Å². The van der Waals surface area contributed by atoms with Crippen molar-refractivity contribution < 1.29 is 0 Å². The molecule has 0 aromatic heterocycles. The number of rotatable bonds is 6. The fraction of sp³-hybridized carbons (Fsp3) is 0.625. The summed E-state index contributed by atoms with van der Waals surface area (Å²) in [6.45, 7) is 7.00. The molecule has 1 heterocycles. The minimum atomic E-state index is 0.556. The molecular weight excluding hydrogens is 256 g/mol. The molecule has 3 heteroatoms. The van der Waals surface area contributed by atoms with Gasteiger partial charge in [0.05, 0.1) is 0 Å². The average molecular weight is 281 g/mol. The average Bonchev–Trinajstić information content (AvgIpc) is 2.42. The largest absolute Gasteiger partial charge is 0.313 e. The Morgan fingerprint density at radius 2 is 1.95 bits per heavy atom. The van der Waals surface area contributed by atoms with E-state index in [1.165, 1.54) is 44.5 Å². The Balaban J connectivity index is 1.66. The van der Waals surface area contributed by atoms with Gasteiger partial charge in [-0.2, -0.15) is 0 Å². The summed E-state index contributed by atoms with van der Waals surface area (Å²) in [5, 5.41) is 4.49. The van der Waals surface area contributed by atoms with E-state index in [0.717, 1.165) is 18.0 Å². The summed E-state index contributed by atoms with van der Waals surface area (Å²) in [5.41, 5.74) is 1.24. The zero-order valence-electron chi connectivity index (χ0n) is 11.9. The van der Waals surface area contributed by atoms with Crippen LogP contribution in [0.3, 0.4) is 0 Å². The van der Waals surface area contributed by atoms with Crippen molar-refractivity contribution in [2.24, 2.45) is 0 Å². The van der Waals surface area contributed by atoms with Gasteiger partial charge in [-0.05, 0) is 57.5 Å². The maximum absolute atomic E-state index is 6.16. The standard InChI is InChI=1S/C16H25ClN2/c1-14(13-19-11-5-2-6-12-19)18-10-9-15-7-3-4-8-16(15)17/h3-4,7-8,14,18H,2,5-6,9-13H2,1H3. The second-order valence-corrected chi connectivity index (χ2v) is 5.97. The summed E-state index contributed by atoms with van der Waals surface area (Å²) in [6, 6.07) is 8.67. The monoisotopic (exact) mass is 280 g/mol. The molecule has 19 heavy (non-hydrogen) atoms. The van der Waals surface area contributed by atoms with E-state index in [0.29, 0.717) is 6.04 Å². The maximum atomic E-state index is 6.16. The van der Waals surface area contributed by atoms with Gasteiger partial charge in [0.25, 0.3) is 0 Å². The SMILES string of the molecule is CC(CN1CCCCC1)NCCc1ccccc1Cl. The molecule has 1 aliphatic rings. The first-order chi connectivity index (χ1) is 9.25. The molecule has 1 aromatic rings. The van der Waals surface area contributed by atoms with Crippen molar-refractivity contribution in [2.45, 2.75) is 38.6 Å². The van der Waals surface area contributed by atoms with Crippen molar-refractivity contribution in [1.29, 1.82) is 0 Å². The highest BCUT2D eigenvalue weighted by Gasteiger charge is 2.12. The Labute approximate surface area is 122 Å². The summed E-state index contributed by atoms with van der Waals surface area (Å²) in [5.74, 6) is 0. The summed E-state index contributed by atoms with van der Waals surface area (Å²) in [6.07, 6.45) is 5.15. The quantitative estimate of drug-likeness (QED) is 0.860. The van der Waals surface area contributed by atoms with E-state index < -0.39 is 0 Å². The van der Waals surface area contributed by atoms with Crippen LogP contribution in [0.4, 0.5) is 0 Å². The Hall–Kier alpha value is -0.570. The molecular formula is C16H25ClN2. The van der Waals surface area contributed by atoms with Crippen LogP contribution in [0.25, 0.3) is 0 Å². The third-order valence-corrected chi connectivity index (χ3v) is 4.19. The molecule has 1 fully saturated rings. The topological polar surface area (TPSA) is 15.3 Å². The minimum absolute atomic E-state index is 0.556. The van der Waals surface area contributed by atoms with Gasteiger partial charge in [-0.15, -0.1) is 0 Å². The van der Waals surface area contributed by atoms with Crippen LogP contribution in [0.5, 0.6) is 0 Å². The lowest BCUT2D eigenvalue weighted by Crippen LogP contribution is -2.42. The van der Waals surface area contributed by atoms with Crippen molar-refractivity contribution in [3.05, 3.63) is 34.9 Å². The lowest BCUT2D eigenvalue weighted by molar-refractivity contribution is 0.209. The molecule has 1 aliphatic heterocycles. The first-order valence-corrected chi connectivity index (χ1v) is 7.82. The van der Waals surface area contributed by atoms with Gasteiger partial charge in [0.15, 0.2) is 0 Å². The second-order valence-electron chi connectivity index (χ2n) is 5.56. The third kappa shape index (κ3) is 5.13. The van der Waals surface area contributed by atoms with Crippen LogP contribution in [0.15, 0.2) is 24.3 Å². The van der Waals surface area contributed by atoms with Crippen LogP contribution in [0.1, 0.15) is 31.7 Å². The first-order valence-electron chi connectivity index (χ1n) is 7.45. The van der Waals surface area contributed by atoms with Crippen molar-refractivity contribution in [3.8, 4) is 0 Å². The molecule has 0 bridgehead atoms. The fourth-order valence-electron chi connectivity index (χ4n) is 2.75. The van der Waals surface area contributed by atoms with Gasteiger partial charge < -0.3 is 10.2 Å². The Kier molecular flexibility index (Phi) is 6.15. The summed E-state index contributed by atoms with van der Waals surface area (Å²) in [7, 11) is 0. The molecule has 0 radical (unpaired) electrons. The molecule has 1 unspecified atom stereocenters. The van der Waals surface area contributed by atoms with E-state index in [-0.39, 0.29) is 0 Å². The van der Waals surface area contributed by atoms with Gasteiger partial charge in [0.1, 0.15) is 0 Å². The second kappa shape index (κ2) is 7.88. The number of nitrogens with one attached hydrogen (secondary N) is 1. The van der Waals surface area contributed by atoms with Gasteiger partial charge in [0.2, 0.25) is 0 Å². The minimum Gasteiger partial charge on any atom is -0.313 e. The summed E-state index contributed by atoms with van der Waals surface area (Å²) in [4.78, 5) is 2.58. The predicted molar refractivity (Wildman–Crippen MR) is 82.9 cm³/mol. The molecule has 2 nitrogen and oxygen atoms in total. The van der Waals surface area contributed by atoms with Gasteiger partial charge >= 0.3 is 0 Å². The molecule has 1 atom stereocenters. The molecule has 0 amide bonds. The number of halogens is 1. The molecule has 106 valence electrons. The molecule has 0 saturated carbocycles. The summed E-state index contributed by atoms with van der Waals surface area (Å²) < 4.78 is 0. The molecule has 1 saturated heterocycles. The van der Waals surface area contributed by atoms with Crippen LogP contribution >= 0.6 is 11.6 Å². The Bertz CT molecular complexity index is 375. The number of piperidine rings is 1. The third-order valence-electron chi connectivity index (χ3n) is 3.83. The van der Waals surface area contributed by atoms with Crippen molar-refractivity contribution in [3.63, 3.8) is 0 Å². The van der Waals surface area contributed by atoms with Crippen LogP contribution in [-0.4, -0.2) is 37.1 Å². The van der Waals surface area contributed by atoms with Gasteiger partial charge in [0, 0.05) is 17.6 Å². The smallest absolute Gasteiger partial charge is 0.0438 e. The zero-order chi connectivity index (χ0) is 13.5. The Morgan fingerprint density at radius 3 is 2.68 bits per heavy atom. The van der Waals surface area contributed by atoms with Crippen LogP contribution < -0.4 is 5.32 Å². The fourth-order valence-corrected chi connectivity index (χ4v) is 2.98. The van der Waals surface area contributed by atoms with Gasteiger partial charge in [-0.1, -0.05) is 36.2 Å². The van der Waals surface area contributed by atoms with Crippen LogP contribution in [-0.2, 0) is 6.42 Å². The number of nitrogens with zero attached hydrogens (tertiary/aromatic N) is 1. The lowest BCUT2D eigenvalue weighted by Gasteiger charge is -2.29. The van der Waals surface area contributed by atoms with Gasteiger partial charge in [-0.25, -0.2) is 0 Å². The van der Waals surface area contributed by atoms with Crippen LogP contribution in [0.2, 0.25) is 5.02 Å². The Morgan fingerprint density at radius 1 is 1.21 bits per heavy atom. The van der Waals surface area contributed by atoms with E-state index in [1.807, 2.05) is 12.1 Å². The van der Waals surface area contributed by atoms with Crippen molar-refractivity contribution >= 4 is 11.6 Å². The van der Waals surface area contributed by atoms with Crippen molar-refractivity contribution in [2.75, 3.05) is 26.2 Å². The van der Waals surface area contributed by atoms with E-state index in [2.05, 4.69) is 29.3 Å². The molecule has 1 N–H and O–H groups in total. The number of hydrogen-bond donors (Lipinski definition) is 1. The normalized spacial score (nSPS) is 18.4. The van der Waals surface area contributed by atoms with Crippen molar-refractivity contribution in [1.82, 2.24) is 10.2 Å². The number of hydrogen-bond acceptors (Lipinski definition) is 2. The zero-order valence-corrected chi connectivity index (χ0v) is 12.6.